The van der Waals surface area contributed by atoms with Gasteiger partial charge in [0.25, 0.3) is 0 Å². The number of sulfonamides is 1. The van der Waals surface area contributed by atoms with Gasteiger partial charge in [-0.05, 0) is 31.0 Å². The molecule has 0 amide bonds. The summed E-state index contributed by atoms with van der Waals surface area (Å²) < 4.78 is 31.3. The number of esters is 1. The maximum Gasteiger partial charge on any atom is 0.308 e. The average molecular weight is 343 g/mol. The van der Waals surface area contributed by atoms with Gasteiger partial charge in [0.05, 0.1) is 18.6 Å². The summed E-state index contributed by atoms with van der Waals surface area (Å²) in [4.78, 5) is 11.4. The Hall–Kier alpha value is -1.62. The normalized spacial score (nSPS) is 17.0. The Morgan fingerprint density at radius 3 is 2.59 bits per heavy atom. The van der Waals surface area contributed by atoms with E-state index in [1.807, 2.05) is 6.07 Å². The molecular formula is C14H15ClN2O4S. The zero-order valence-electron chi connectivity index (χ0n) is 12.0. The van der Waals surface area contributed by atoms with Gasteiger partial charge >= 0.3 is 5.97 Å². The van der Waals surface area contributed by atoms with Crippen LogP contribution >= 0.6 is 11.6 Å². The van der Waals surface area contributed by atoms with Gasteiger partial charge in [0, 0.05) is 18.1 Å². The molecule has 0 atom stereocenters. The summed E-state index contributed by atoms with van der Waals surface area (Å²) in [5.41, 5.74) is 0.0551. The summed E-state index contributed by atoms with van der Waals surface area (Å²) in [6.07, 6.45) is 0.794. The number of rotatable bonds is 3. The molecule has 8 heteroatoms. The van der Waals surface area contributed by atoms with Gasteiger partial charge in [-0.1, -0.05) is 11.6 Å². The molecule has 1 aliphatic heterocycles. The average Bonchev–Trinajstić information content (AvgIpc) is 2.54. The van der Waals surface area contributed by atoms with E-state index in [9.17, 15) is 13.2 Å². The number of carbonyl (C=O) groups excluding carboxylic acids is 1. The largest absolute Gasteiger partial charge is 0.469 e. The molecule has 2 rings (SSSR count). The van der Waals surface area contributed by atoms with Crippen LogP contribution in [0.1, 0.15) is 18.4 Å². The zero-order chi connectivity index (χ0) is 16.3. The summed E-state index contributed by atoms with van der Waals surface area (Å²) in [5.74, 6) is -0.608. The van der Waals surface area contributed by atoms with Gasteiger partial charge < -0.3 is 4.74 Å². The van der Waals surface area contributed by atoms with Crippen LogP contribution in [0.5, 0.6) is 0 Å². The number of hydrogen-bond acceptors (Lipinski definition) is 5. The van der Waals surface area contributed by atoms with Gasteiger partial charge in [-0.2, -0.15) is 9.57 Å². The number of benzene rings is 1. The molecule has 0 spiro atoms. The third-order valence-electron chi connectivity index (χ3n) is 3.67. The van der Waals surface area contributed by atoms with Crippen LogP contribution in [0.15, 0.2) is 23.1 Å². The topological polar surface area (TPSA) is 87.5 Å². The molecule has 1 aromatic rings. The number of piperidine rings is 1. The summed E-state index contributed by atoms with van der Waals surface area (Å²) in [5, 5.41) is 9.33. The van der Waals surface area contributed by atoms with Crippen molar-refractivity contribution in [3.05, 3.63) is 28.8 Å². The number of nitrogens with zero attached hydrogens (tertiary/aromatic N) is 2. The van der Waals surface area contributed by atoms with Crippen molar-refractivity contribution in [1.82, 2.24) is 4.31 Å². The maximum atomic E-state index is 12.7. The predicted octanol–water partition coefficient (Wildman–Crippen LogP) is 1.79. The van der Waals surface area contributed by atoms with Crippen LogP contribution in [-0.4, -0.2) is 38.9 Å². The number of ether oxygens (including phenoxy) is 1. The molecule has 6 nitrogen and oxygen atoms in total. The Kier molecular flexibility index (Phi) is 5.06. The van der Waals surface area contributed by atoms with Crippen LogP contribution < -0.4 is 0 Å². The van der Waals surface area contributed by atoms with E-state index in [1.54, 1.807) is 0 Å². The predicted molar refractivity (Wildman–Crippen MR) is 79.7 cm³/mol. The lowest BCUT2D eigenvalue weighted by atomic mass is 9.99. The molecule has 1 fully saturated rings. The fraction of sp³-hybridized carbons (Fsp3) is 0.429. The molecule has 0 bridgehead atoms. The number of halogens is 1. The van der Waals surface area contributed by atoms with E-state index >= 15 is 0 Å². The van der Waals surface area contributed by atoms with Gasteiger partial charge in [-0.15, -0.1) is 0 Å². The zero-order valence-corrected chi connectivity index (χ0v) is 13.5. The minimum Gasteiger partial charge on any atom is -0.469 e. The Balaban J connectivity index is 2.25. The van der Waals surface area contributed by atoms with Gasteiger partial charge in [-0.3, -0.25) is 4.79 Å². The lowest BCUT2D eigenvalue weighted by molar-refractivity contribution is -0.146. The van der Waals surface area contributed by atoms with E-state index in [2.05, 4.69) is 4.74 Å². The molecule has 0 unspecified atom stereocenters. The van der Waals surface area contributed by atoms with Crippen LogP contribution in [0.3, 0.4) is 0 Å². The molecule has 0 N–H and O–H groups in total. The SMILES string of the molecule is COC(=O)C1CCN(S(=O)(=O)c2cc(Cl)ccc2C#N)CC1. The van der Waals surface area contributed by atoms with Gasteiger partial charge in [-0.25, -0.2) is 8.42 Å². The molecule has 1 aliphatic rings. The van der Waals surface area contributed by atoms with E-state index in [0.29, 0.717) is 12.8 Å². The molecule has 1 saturated heterocycles. The highest BCUT2D eigenvalue weighted by Gasteiger charge is 2.33. The van der Waals surface area contributed by atoms with Crippen molar-refractivity contribution in [3.63, 3.8) is 0 Å². The van der Waals surface area contributed by atoms with Crippen LogP contribution in [0.4, 0.5) is 0 Å². The second-order valence-corrected chi connectivity index (χ2v) is 7.30. The molecule has 0 saturated carbocycles. The summed E-state index contributed by atoms with van der Waals surface area (Å²) >= 11 is 5.85. The molecule has 0 radical (unpaired) electrons. The van der Waals surface area contributed by atoms with Crippen molar-refractivity contribution >= 4 is 27.6 Å². The Morgan fingerprint density at radius 2 is 2.05 bits per heavy atom. The van der Waals surface area contributed by atoms with Crippen LogP contribution in [-0.2, 0) is 19.6 Å². The van der Waals surface area contributed by atoms with E-state index < -0.39 is 10.0 Å². The first-order valence-electron chi connectivity index (χ1n) is 6.67. The standard InChI is InChI=1S/C14H15ClN2O4S/c1-21-14(18)10-4-6-17(7-5-10)22(19,20)13-8-12(15)3-2-11(13)9-16/h2-3,8,10H,4-7H2,1H3. The van der Waals surface area contributed by atoms with Gasteiger partial charge in [0.1, 0.15) is 11.0 Å². The molecule has 1 aromatic carbocycles. The van der Waals surface area contributed by atoms with Crippen molar-refractivity contribution in [2.75, 3.05) is 20.2 Å². The quantitative estimate of drug-likeness (QED) is 0.781. The number of hydrogen-bond donors (Lipinski definition) is 0. The van der Waals surface area contributed by atoms with Crippen LogP contribution in [0.2, 0.25) is 5.02 Å². The summed E-state index contributed by atoms with van der Waals surface area (Å²) in [6.45, 7) is 0.416. The smallest absolute Gasteiger partial charge is 0.308 e. The second-order valence-electron chi connectivity index (χ2n) is 4.95. The summed E-state index contributed by atoms with van der Waals surface area (Å²) in [6, 6.07) is 6.01. The maximum absolute atomic E-state index is 12.7. The Labute approximate surface area is 134 Å². The third kappa shape index (κ3) is 3.24. The Bertz CT molecular complexity index is 719. The van der Waals surface area contributed by atoms with Crippen molar-refractivity contribution < 1.29 is 17.9 Å². The van der Waals surface area contributed by atoms with Crippen molar-refractivity contribution in [2.45, 2.75) is 17.7 Å². The molecule has 1 heterocycles. The minimum atomic E-state index is -3.81. The lowest BCUT2D eigenvalue weighted by Crippen LogP contribution is -2.40. The van der Waals surface area contributed by atoms with Crippen LogP contribution in [0, 0.1) is 17.2 Å². The number of carbonyl (C=O) groups is 1. The first-order valence-corrected chi connectivity index (χ1v) is 8.49. The van der Waals surface area contributed by atoms with Crippen molar-refractivity contribution in [2.24, 2.45) is 5.92 Å². The van der Waals surface area contributed by atoms with Gasteiger partial charge in [0.15, 0.2) is 0 Å². The number of nitriles is 1. The first-order chi connectivity index (χ1) is 10.4. The lowest BCUT2D eigenvalue weighted by Gasteiger charge is -2.30. The fourth-order valence-corrected chi connectivity index (χ4v) is 4.31. The fourth-order valence-electron chi connectivity index (χ4n) is 2.44. The van der Waals surface area contributed by atoms with Crippen molar-refractivity contribution in [1.29, 1.82) is 5.26 Å². The number of methoxy groups -OCH3 is 1. The van der Waals surface area contributed by atoms with Crippen LogP contribution in [0.25, 0.3) is 0 Å². The van der Waals surface area contributed by atoms with E-state index in [-0.39, 0.29) is 40.5 Å². The van der Waals surface area contributed by atoms with E-state index in [4.69, 9.17) is 16.9 Å². The highest BCUT2D eigenvalue weighted by Crippen LogP contribution is 2.28. The third-order valence-corrected chi connectivity index (χ3v) is 5.84. The van der Waals surface area contributed by atoms with Gasteiger partial charge in [0.2, 0.25) is 10.0 Å². The molecule has 0 aromatic heterocycles. The van der Waals surface area contributed by atoms with E-state index in [1.165, 1.54) is 29.6 Å². The highest BCUT2D eigenvalue weighted by atomic mass is 35.5. The molecule has 0 aliphatic carbocycles. The second kappa shape index (κ2) is 6.65. The first kappa shape index (κ1) is 16.7. The highest BCUT2D eigenvalue weighted by molar-refractivity contribution is 7.89. The Morgan fingerprint density at radius 1 is 1.41 bits per heavy atom. The molecule has 22 heavy (non-hydrogen) atoms. The molecule has 118 valence electrons. The van der Waals surface area contributed by atoms with E-state index in [0.717, 1.165) is 0 Å². The minimum absolute atomic E-state index is 0.0551. The summed E-state index contributed by atoms with van der Waals surface area (Å²) in [7, 11) is -2.49. The molecular weight excluding hydrogens is 328 g/mol. The van der Waals surface area contributed by atoms with Crippen molar-refractivity contribution in [3.8, 4) is 6.07 Å². The monoisotopic (exact) mass is 342 g/mol.